The van der Waals surface area contributed by atoms with Gasteiger partial charge < -0.3 is 14.9 Å². The minimum Gasteiger partial charge on any atom is -0.508 e. The molecule has 1 atom stereocenters. The number of ether oxygens (including phenoxy) is 1. The Morgan fingerprint density at radius 2 is 1.83 bits per heavy atom. The summed E-state index contributed by atoms with van der Waals surface area (Å²) >= 11 is 0. The number of aromatic hydroxyl groups is 2. The van der Waals surface area contributed by atoms with Crippen molar-refractivity contribution < 1.29 is 14.9 Å². The smallest absolute Gasteiger partial charge is 0.162 e. The van der Waals surface area contributed by atoms with Gasteiger partial charge in [-0.25, -0.2) is 0 Å². The molecule has 2 N–H and O–H groups in total. The van der Waals surface area contributed by atoms with E-state index < -0.39 is 0 Å². The standard InChI is InChI=1S/C20H18O3/c1-23-17-11-13-7-10-16(21)15-9-8-14(12-5-3-2-4-6-12)19(18(13)15)20(17)22/h2-7,10-11,14,21-22H,8-9H2,1H3. The van der Waals surface area contributed by atoms with E-state index in [1.165, 1.54) is 5.56 Å². The Hall–Kier alpha value is -2.68. The molecular weight excluding hydrogens is 288 g/mol. The van der Waals surface area contributed by atoms with E-state index >= 15 is 0 Å². The van der Waals surface area contributed by atoms with Gasteiger partial charge in [-0.3, -0.25) is 0 Å². The molecule has 3 aromatic carbocycles. The van der Waals surface area contributed by atoms with Gasteiger partial charge in [0.05, 0.1) is 7.11 Å². The highest BCUT2D eigenvalue weighted by Crippen LogP contribution is 2.50. The number of phenols is 2. The van der Waals surface area contributed by atoms with E-state index in [1.807, 2.05) is 30.3 Å². The molecule has 1 aliphatic carbocycles. The first-order valence-electron chi connectivity index (χ1n) is 7.80. The van der Waals surface area contributed by atoms with Crippen LogP contribution in [0.5, 0.6) is 17.2 Å². The van der Waals surface area contributed by atoms with E-state index in [-0.39, 0.29) is 11.7 Å². The Kier molecular flexibility index (Phi) is 3.15. The molecule has 1 unspecified atom stereocenters. The lowest BCUT2D eigenvalue weighted by atomic mass is 9.77. The number of hydrogen-bond donors (Lipinski definition) is 2. The molecule has 3 heteroatoms. The first-order chi connectivity index (χ1) is 11.2. The van der Waals surface area contributed by atoms with Gasteiger partial charge in [0.25, 0.3) is 0 Å². The quantitative estimate of drug-likeness (QED) is 0.740. The summed E-state index contributed by atoms with van der Waals surface area (Å²) < 4.78 is 5.36. The molecule has 0 aliphatic heterocycles. The van der Waals surface area contributed by atoms with Crippen molar-refractivity contribution in [1.82, 2.24) is 0 Å². The van der Waals surface area contributed by atoms with E-state index in [1.54, 1.807) is 13.2 Å². The highest BCUT2D eigenvalue weighted by molar-refractivity contribution is 5.95. The van der Waals surface area contributed by atoms with Crippen molar-refractivity contribution in [2.45, 2.75) is 18.8 Å². The summed E-state index contributed by atoms with van der Waals surface area (Å²) in [5.74, 6) is 1.06. The highest BCUT2D eigenvalue weighted by Gasteiger charge is 2.29. The van der Waals surface area contributed by atoms with Gasteiger partial charge in [-0.2, -0.15) is 0 Å². The summed E-state index contributed by atoms with van der Waals surface area (Å²) in [5, 5.41) is 22.9. The molecule has 0 saturated heterocycles. The fourth-order valence-corrected chi connectivity index (χ4v) is 3.75. The summed E-state index contributed by atoms with van der Waals surface area (Å²) in [6.07, 6.45) is 1.64. The van der Waals surface area contributed by atoms with E-state index in [9.17, 15) is 10.2 Å². The van der Waals surface area contributed by atoms with Crippen molar-refractivity contribution in [1.29, 1.82) is 0 Å². The molecule has 0 saturated carbocycles. The number of phenolic OH excluding ortho intramolecular Hbond substituents is 2. The SMILES string of the molecule is COc1cc2ccc(O)c3c2c(c1O)C(c1ccccc1)CC3. The molecule has 4 rings (SSSR count). The van der Waals surface area contributed by atoms with Crippen LogP contribution in [0, 0.1) is 0 Å². The Morgan fingerprint density at radius 1 is 1.04 bits per heavy atom. The highest BCUT2D eigenvalue weighted by atomic mass is 16.5. The maximum Gasteiger partial charge on any atom is 0.162 e. The minimum absolute atomic E-state index is 0.100. The zero-order valence-corrected chi connectivity index (χ0v) is 12.9. The van der Waals surface area contributed by atoms with Crippen molar-refractivity contribution in [3.63, 3.8) is 0 Å². The average Bonchev–Trinajstić information content (AvgIpc) is 2.60. The maximum absolute atomic E-state index is 10.8. The third kappa shape index (κ3) is 2.04. The van der Waals surface area contributed by atoms with Crippen LogP contribution in [-0.4, -0.2) is 17.3 Å². The zero-order valence-electron chi connectivity index (χ0n) is 12.9. The molecule has 3 aromatic rings. The van der Waals surface area contributed by atoms with Crippen LogP contribution in [0.25, 0.3) is 10.8 Å². The second-order valence-corrected chi connectivity index (χ2v) is 6.00. The molecule has 3 nitrogen and oxygen atoms in total. The first-order valence-corrected chi connectivity index (χ1v) is 7.80. The second-order valence-electron chi connectivity index (χ2n) is 6.00. The van der Waals surface area contributed by atoms with Crippen molar-refractivity contribution in [2.75, 3.05) is 7.11 Å². The lowest BCUT2D eigenvalue weighted by Gasteiger charge is -2.28. The molecule has 0 bridgehead atoms. The maximum atomic E-state index is 10.8. The van der Waals surface area contributed by atoms with Crippen LogP contribution < -0.4 is 4.74 Å². The number of hydrogen-bond acceptors (Lipinski definition) is 3. The monoisotopic (exact) mass is 306 g/mol. The van der Waals surface area contributed by atoms with Crippen LogP contribution in [-0.2, 0) is 6.42 Å². The Bertz CT molecular complexity index is 885. The van der Waals surface area contributed by atoms with E-state index in [4.69, 9.17) is 4.74 Å². The van der Waals surface area contributed by atoms with Crippen molar-refractivity contribution in [3.05, 3.63) is 65.2 Å². The third-order valence-corrected chi connectivity index (χ3v) is 4.82. The van der Waals surface area contributed by atoms with E-state index in [2.05, 4.69) is 12.1 Å². The molecule has 0 fully saturated rings. The predicted octanol–water partition coefficient (Wildman–Crippen LogP) is 4.34. The van der Waals surface area contributed by atoms with Crippen molar-refractivity contribution in [2.24, 2.45) is 0 Å². The Balaban J connectivity index is 2.08. The zero-order chi connectivity index (χ0) is 16.0. The summed E-state index contributed by atoms with van der Waals surface area (Å²) in [7, 11) is 1.56. The largest absolute Gasteiger partial charge is 0.508 e. The molecule has 1 aliphatic rings. The fourth-order valence-electron chi connectivity index (χ4n) is 3.75. The van der Waals surface area contributed by atoms with Gasteiger partial charge in [0.1, 0.15) is 5.75 Å². The molecule has 0 spiro atoms. The average molecular weight is 306 g/mol. The van der Waals surface area contributed by atoms with Crippen LogP contribution in [0.2, 0.25) is 0 Å². The summed E-state index contributed by atoms with van der Waals surface area (Å²) in [6.45, 7) is 0. The number of methoxy groups -OCH3 is 1. The van der Waals surface area contributed by atoms with Crippen LogP contribution in [0.1, 0.15) is 29.0 Å². The fraction of sp³-hybridized carbons (Fsp3) is 0.200. The number of benzene rings is 3. The van der Waals surface area contributed by atoms with Gasteiger partial charge in [0.15, 0.2) is 11.5 Å². The molecule has 116 valence electrons. The van der Waals surface area contributed by atoms with Gasteiger partial charge in [0.2, 0.25) is 0 Å². The van der Waals surface area contributed by atoms with Crippen LogP contribution >= 0.6 is 0 Å². The summed E-state index contributed by atoms with van der Waals surface area (Å²) in [5.41, 5.74) is 2.96. The van der Waals surface area contributed by atoms with E-state index in [0.717, 1.165) is 34.7 Å². The topological polar surface area (TPSA) is 49.7 Å². The van der Waals surface area contributed by atoms with Gasteiger partial charge in [0, 0.05) is 17.0 Å². The molecule has 0 amide bonds. The van der Waals surface area contributed by atoms with Crippen LogP contribution in [0.3, 0.4) is 0 Å². The number of aryl methyl sites for hydroxylation is 1. The van der Waals surface area contributed by atoms with Gasteiger partial charge in [-0.15, -0.1) is 0 Å². The van der Waals surface area contributed by atoms with Crippen LogP contribution in [0.15, 0.2) is 48.5 Å². The van der Waals surface area contributed by atoms with Crippen LogP contribution in [0.4, 0.5) is 0 Å². The second kappa shape index (κ2) is 5.20. The predicted molar refractivity (Wildman–Crippen MR) is 90.4 cm³/mol. The van der Waals surface area contributed by atoms with Gasteiger partial charge >= 0.3 is 0 Å². The molecule has 0 radical (unpaired) electrons. The minimum atomic E-state index is 0.100. The Labute approximate surface area is 134 Å². The molecular formula is C20H18O3. The lowest BCUT2D eigenvalue weighted by molar-refractivity contribution is 0.369. The Morgan fingerprint density at radius 3 is 2.57 bits per heavy atom. The normalized spacial score (nSPS) is 16.5. The third-order valence-electron chi connectivity index (χ3n) is 4.82. The summed E-state index contributed by atoms with van der Waals surface area (Å²) in [6, 6.07) is 15.6. The molecule has 23 heavy (non-hydrogen) atoms. The lowest BCUT2D eigenvalue weighted by Crippen LogP contribution is -2.11. The molecule has 0 aromatic heterocycles. The van der Waals surface area contributed by atoms with E-state index in [0.29, 0.717) is 11.5 Å². The van der Waals surface area contributed by atoms with Gasteiger partial charge in [-0.05, 0) is 41.3 Å². The molecule has 0 heterocycles. The number of rotatable bonds is 2. The van der Waals surface area contributed by atoms with Crippen molar-refractivity contribution in [3.8, 4) is 17.2 Å². The first kappa shape index (κ1) is 13.9. The summed E-state index contributed by atoms with van der Waals surface area (Å²) in [4.78, 5) is 0. The van der Waals surface area contributed by atoms with Gasteiger partial charge in [-0.1, -0.05) is 36.4 Å². The van der Waals surface area contributed by atoms with Crippen molar-refractivity contribution >= 4 is 10.8 Å².